The predicted molar refractivity (Wildman–Crippen MR) is 111 cm³/mol. The summed E-state index contributed by atoms with van der Waals surface area (Å²) < 4.78 is 40.9. The van der Waals surface area contributed by atoms with Gasteiger partial charge in [-0.25, -0.2) is 13.2 Å². The van der Waals surface area contributed by atoms with E-state index < -0.39 is 29.4 Å². The zero-order valence-electron chi connectivity index (χ0n) is 15.3. The molecular formula is C21H15F3N4OS. The molecule has 0 aliphatic heterocycles. The lowest BCUT2D eigenvalue weighted by molar-refractivity contribution is -0.117. The summed E-state index contributed by atoms with van der Waals surface area (Å²) >= 11 is 1.33. The Kier molecular flexibility index (Phi) is 5.39. The molecule has 1 amide bonds. The van der Waals surface area contributed by atoms with Crippen molar-refractivity contribution in [1.82, 2.24) is 10.2 Å². The fourth-order valence-corrected chi connectivity index (χ4v) is 3.61. The van der Waals surface area contributed by atoms with E-state index in [0.29, 0.717) is 27.0 Å². The molecule has 5 nitrogen and oxygen atoms in total. The number of aromatic nitrogens is 2. The summed E-state index contributed by atoms with van der Waals surface area (Å²) in [7, 11) is 0. The number of nitrogens with zero attached hydrogens (tertiary/aromatic N) is 1. The van der Waals surface area contributed by atoms with Crippen molar-refractivity contribution in [2.45, 2.75) is 6.04 Å². The summed E-state index contributed by atoms with van der Waals surface area (Å²) in [6.07, 6.45) is 3.12. The fourth-order valence-electron chi connectivity index (χ4n) is 2.88. The third-order valence-corrected chi connectivity index (χ3v) is 5.40. The third kappa shape index (κ3) is 3.98. The van der Waals surface area contributed by atoms with Crippen molar-refractivity contribution in [1.29, 1.82) is 0 Å². The molecule has 0 bridgehead atoms. The zero-order valence-corrected chi connectivity index (χ0v) is 16.1. The van der Waals surface area contributed by atoms with Crippen molar-refractivity contribution in [3.05, 3.63) is 81.4 Å². The highest BCUT2D eigenvalue weighted by atomic mass is 32.1. The van der Waals surface area contributed by atoms with Crippen LogP contribution in [0, 0.1) is 17.5 Å². The number of aromatic amines is 1. The van der Waals surface area contributed by atoms with Crippen LogP contribution in [0.25, 0.3) is 23.1 Å². The monoisotopic (exact) mass is 428 g/mol. The van der Waals surface area contributed by atoms with Crippen LogP contribution in [0.5, 0.6) is 0 Å². The van der Waals surface area contributed by atoms with E-state index >= 15 is 0 Å². The van der Waals surface area contributed by atoms with Crippen molar-refractivity contribution in [3.63, 3.8) is 0 Å². The first kappa shape index (κ1) is 19.9. The molecular weight excluding hydrogens is 413 g/mol. The molecule has 152 valence electrons. The molecule has 2 heterocycles. The summed E-state index contributed by atoms with van der Waals surface area (Å²) in [5.41, 5.74) is 7.17. The molecule has 4 N–H and O–H groups in total. The molecule has 0 unspecified atom stereocenters. The number of nitrogens with two attached hydrogens (primary N) is 1. The van der Waals surface area contributed by atoms with Gasteiger partial charge in [0.15, 0.2) is 11.6 Å². The largest absolute Gasteiger partial charge is 0.322 e. The van der Waals surface area contributed by atoms with Crippen molar-refractivity contribution < 1.29 is 18.0 Å². The second-order valence-electron chi connectivity index (χ2n) is 6.48. The number of carbonyl (C=O) groups excluding carboxylic acids is 1. The van der Waals surface area contributed by atoms with Gasteiger partial charge in [0.2, 0.25) is 5.91 Å². The first-order chi connectivity index (χ1) is 14.4. The third-order valence-electron chi connectivity index (χ3n) is 4.45. The highest BCUT2D eigenvalue weighted by Crippen LogP contribution is 2.27. The van der Waals surface area contributed by atoms with Crippen LogP contribution in [0.2, 0.25) is 0 Å². The minimum Gasteiger partial charge on any atom is -0.322 e. The Bertz CT molecular complexity index is 1250. The highest BCUT2D eigenvalue weighted by Gasteiger charge is 2.19. The van der Waals surface area contributed by atoms with Gasteiger partial charge in [-0.3, -0.25) is 9.89 Å². The number of H-pyrrole nitrogens is 1. The molecule has 9 heteroatoms. The van der Waals surface area contributed by atoms with E-state index in [9.17, 15) is 18.0 Å². The van der Waals surface area contributed by atoms with E-state index in [-0.39, 0.29) is 5.69 Å². The van der Waals surface area contributed by atoms with Crippen molar-refractivity contribution >= 4 is 46.0 Å². The molecule has 0 aliphatic carbocycles. The Morgan fingerprint density at radius 1 is 1.10 bits per heavy atom. The van der Waals surface area contributed by atoms with E-state index in [1.54, 1.807) is 29.7 Å². The van der Waals surface area contributed by atoms with Gasteiger partial charge in [-0.05, 0) is 41.3 Å². The van der Waals surface area contributed by atoms with E-state index in [2.05, 4.69) is 15.5 Å². The van der Waals surface area contributed by atoms with Crippen LogP contribution in [0.4, 0.5) is 18.9 Å². The lowest BCUT2D eigenvalue weighted by atomic mass is 10.1. The standard InChI is InChI=1S/C21H15F3N4OS/c22-13-5-3-11(8-14(13)23)4-6-16-12-9-18(15(24)10-17(12)28-27-16)26-21(29)20(25)19-2-1-7-30-19/h1-10,20H,25H2,(H,26,29)(H,27,28)/t20-/m1/s1. The molecule has 0 saturated heterocycles. The summed E-state index contributed by atoms with van der Waals surface area (Å²) in [4.78, 5) is 13.1. The second kappa shape index (κ2) is 8.13. The van der Waals surface area contributed by atoms with Crippen LogP contribution in [0.15, 0.2) is 47.8 Å². The van der Waals surface area contributed by atoms with Crippen molar-refractivity contribution in [2.24, 2.45) is 5.73 Å². The Balaban J connectivity index is 1.61. The van der Waals surface area contributed by atoms with Crippen LogP contribution in [-0.4, -0.2) is 16.1 Å². The lowest BCUT2D eigenvalue weighted by Gasteiger charge is -2.11. The molecule has 0 spiro atoms. The first-order valence-corrected chi connectivity index (χ1v) is 9.71. The number of hydrogen-bond acceptors (Lipinski definition) is 4. The Morgan fingerprint density at radius 2 is 1.93 bits per heavy atom. The number of carbonyl (C=O) groups is 1. The van der Waals surface area contributed by atoms with Gasteiger partial charge in [0.05, 0.1) is 16.9 Å². The van der Waals surface area contributed by atoms with Crippen LogP contribution < -0.4 is 11.1 Å². The average molecular weight is 428 g/mol. The SMILES string of the molecule is N[C@@H](C(=O)Nc1cc2c(C=Cc3ccc(F)c(F)c3)n[nH]c2cc1F)c1cccs1. The summed E-state index contributed by atoms with van der Waals surface area (Å²) in [5.74, 6) is -3.08. The van der Waals surface area contributed by atoms with Crippen LogP contribution >= 0.6 is 11.3 Å². The Hall–Kier alpha value is -3.43. The summed E-state index contributed by atoms with van der Waals surface area (Å²) in [5, 5.41) is 11.6. The molecule has 0 saturated carbocycles. The molecule has 0 radical (unpaired) electrons. The minimum absolute atomic E-state index is 0.0385. The number of halogens is 3. The molecule has 2 aromatic carbocycles. The molecule has 0 fully saturated rings. The molecule has 4 aromatic rings. The average Bonchev–Trinajstić information content (AvgIpc) is 3.39. The Labute approximate surface area is 173 Å². The number of fused-ring (bicyclic) bond motifs is 1. The number of thiophene rings is 1. The van der Waals surface area contributed by atoms with Gasteiger partial charge in [0.25, 0.3) is 0 Å². The maximum atomic E-state index is 14.4. The summed E-state index contributed by atoms with van der Waals surface area (Å²) in [6.45, 7) is 0. The number of anilines is 1. The molecule has 2 aromatic heterocycles. The van der Waals surface area contributed by atoms with Gasteiger partial charge in [-0.2, -0.15) is 5.10 Å². The molecule has 0 aliphatic rings. The smallest absolute Gasteiger partial charge is 0.246 e. The molecule has 4 rings (SSSR count). The number of hydrogen-bond donors (Lipinski definition) is 3. The van der Waals surface area contributed by atoms with Crippen LogP contribution in [0.1, 0.15) is 22.2 Å². The molecule has 30 heavy (non-hydrogen) atoms. The van der Waals surface area contributed by atoms with Gasteiger partial charge in [0.1, 0.15) is 11.9 Å². The quantitative estimate of drug-likeness (QED) is 0.425. The highest BCUT2D eigenvalue weighted by molar-refractivity contribution is 7.10. The van der Waals surface area contributed by atoms with Gasteiger partial charge < -0.3 is 11.1 Å². The second-order valence-corrected chi connectivity index (χ2v) is 7.45. The zero-order chi connectivity index (χ0) is 21.3. The maximum Gasteiger partial charge on any atom is 0.246 e. The first-order valence-electron chi connectivity index (χ1n) is 8.83. The summed E-state index contributed by atoms with van der Waals surface area (Å²) in [6, 6.07) is 8.73. The van der Waals surface area contributed by atoms with Gasteiger partial charge in [-0.1, -0.05) is 18.2 Å². The number of nitrogens with one attached hydrogen (secondary N) is 2. The number of rotatable bonds is 5. The van der Waals surface area contributed by atoms with Gasteiger partial charge >= 0.3 is 0 Å². The van der Waals surface area contributed by atoms with E-state index in [4.69, 9.17) is 5.73 Å². The van der Waals surface area contributed by atoms with E-state index in [1.165, 1.54) is 29.5 Å². The van der Waals surface area contributed by atoms with Crippen LogP contribution in [-0.2, 0) is 4.79 Å². The predicted octanol–water partition coefficient (Wildman–Crippen LogP) is 4.85. The number of amides is 1. The van der Waals surface area contributed by atoms with Gasteiger partial charge in [0, 0.05) is 16.3 Å². The van der Waals surface area contributed by atoms with Crippen molar-refractivity contribution in [2.75, 3.05) is 5.32 Å². The van der Waals surface area contributed by atoms with Crippen molar-refractivity contribution in [3.8, 4) is 0 Å². The lowest BCUT2D eigenvalue weighted by Crippen LogP contribution is -2.27. The topological polar surface area (TPSA) is 83.8 Å². The maximum absolute atomic E-state index is 14.4. The van der Waals surface area contributed by atoms with E-state index in [0.717, 1.165) is 12.1 Å². The molecule has 1 atom stereocenters. The Morgan fingerprint density at radius 3 is 2.67 bits per heavy atom. The van der Waals surface area contributed by atoms with Gasteiger partial charge in [-0.15, -0.1) is 11.3 Å². The van der Waals surface area contributed by atoms with Crippen LogP contribution in [0.3, 0.4) is 0 Å². The number of benzene rings is 2. The minimum atomic E-state index is -0.960. The normalized spacial score (nSPS) is 12.5. The fraction of sp³-hybridized carbons (Fsp3) is 0.0476. The van der Waals surface area contributed by atoms with E-state index in [1.807, 2.05) is 0 Å².